The van der Waals surface area contributed by atoms with Crippen molar-refractivity contribution in [2.45, 2.75) is 20.0 Å². The highest BCUT2D eigenvalue weighted by atomic mass is 19.1. The van der Waals surface area contributed by atoms with Crippen molar-refractivity contribution in [2.24, 2.45) is 5.73 Å². The van der Waals surface area contributed by atoms with Crippen LogP contribution >= 0.6 is 0 Å². The van der Waals surface area contributed by atoms with E-state index in [2.05, 4.69) is 5.10 Å². The number of rotatable bonds is 3. The van der Waals surface area contributed by atoms with E-state index in [4.69, 9.17) is 5.73 Å². The standard InChI is InChI=1S/C12H14FN3/c1-9-2-3-16(15-9)8-11-4-10(7-14)5-12(13)6-11/h2-6H,7-8,14H2,1H3. The van der Waals surface area contributed by atoms with Crippen LogP contribution in [0.15, 0.2) is 30.5 Å². The molecule has 0 aliphatic heterocycles. The molecule has 0 amide bonds. The molecular formula is C12H14FN3. The fraction of sp³-hybridized carbons (Fsp3) is 0.250. The lowest BCUT2D eigenvalue weighted by atomic mass is 10.1. The summed E-state index contributed by atoms with van der Waals surface area (Å²) < 4.78 is 15.0. The van der Waals surface area contributed by atoms with E-state index >= 15 is 0 Å². The molecule has 0 radical (unpaired) electrons. The van der Waals surface area contributed by atoms with Crippen molar-refractivity contribution in [1.82, 2.24) is 9.78 Å². The lowest BCUT2D eigenvalue weighted by Gasteiger charge is -2.05. The summed E-state index contributed by atoms with van der Waals surface area (Å²) in [6, 6.07) is 6.79. The predicted octanol–water partition coefficient (Wildman–Crippen LogP) is 1.84. The number of aromatic nitrogens is 2. The summed E-state index contributed by atoms with van der Waals surface area (Å²) in [6.45, 7) is 2.84. The summed E-state index contributed by atoms with van der Waals surface area (Å²) in [7, 11) is 0. The van der Waals surface area contributed by atoms with Gasteiger partial charge in [0.15, 0.2) is 0 Å². The topological polar surface area (TPSA) is 43.8 Å². The molecule has 0 unspecified atom stereocenters. The number of nitrogens with two attached hydrogens (primary N) is 1. The summed E-state index contributed by atoms with van der Waals surface area (Å²) >= 11 is 0. The number of hydrogen-bond donors (Lipinski definition) is 1. The number of halogens is 1. The van der Waals surface area contributed by atoms with Gasteiger partial charge in [0, 0.05) is 12.7 Å². The zero-order chi connectivity index (χ0) is 11.5. The third-order valence-corrected chi connectivity index (χ3v) is 2.37. The normalized spacial score (nSPS) is 10.7. The van der Waals surface area contributed by atoms with Crippen LogP contribution in [0.1, 0.15) is 16.8 Å². The number of benzene rings is 1. The third kappa shape index (κ3) is 2.46. The van der Waals surface area contributed by atoms with Crippen LogP contribution in [0.3, 0.4) is 0 Å². The predicted molar refractivity (Wildman–Crippen MR) is 60.4 cm³/mol. The first-order chi connectivity index (χ1) is 7.67. The third-order valence-electron chi connectivity index (χ3n) is 2.37. The van der Waals surface area contributed by atoms with Crippen molar-refractivity contribution in [3.05, 3.63) is 53.1 Å². The quantitative estimate of drug-likeness (QED) is 0.856. The van der Waals surface area contributed by atoms with Gasteiger partial charge in [0.05, 0.1) is 12.2 Å². The first kappa shape index (κ1) is 10.8. The highest BCUT2D eigenvalue weighted by Crippen LogP contribution is 2.10. The number of nitrogens with zero attached hydrogens (tertiary/aromatic N) is 2. The first-order valence-electron chi connectivity index (χ1n) is 5.16. The van der Waals surface area contributed by atoms with E-state index in [9.17, 15) is 4.39 Å². The van der Waals surface area contributed by atoms with Crippen LogP contribution in [0.5, 0.6) is 0 Å². The minimum absolute atomic E-state index is 0.248. The monoisotopic (exact) mass is 219 g/mol. The smallest absolute Gasteiger partial charge is 0.123 e. The largest absolute Gasteiger partial charge is 0.326 e. The summed E-state index contributed by atoms with van der Waals surface area (Å²) in [6.07, 6.45) is 1.88. The second kappa shape index (κ2) is 4.45. The molecule has 4 heteroatoms. The van der Waals surface area contributed by atoms with Gasteiger partial charge in [-0.3, -0.25) is 4.68 Å². The van der Waals surface area contributed by atoms with Crippen molar-refractivity contribution >= 4 is 0 Å². The van der Waals surface area contributed by atoms with Crippen LogP contribution in [0.25, 0.3) is 0 Å². The lowest BCUT2D eigenvalue weighted by molar-refractivity contribution is 0.616. The molecule has 0 atom stereocenters. The number of aryl methyl sites for hydroxylation is 1. The van der Waals surface area contributed by atoms with Crippen LogP contribution in [-0.2, 0) is 13.1 Å². The van der Waals surface area contributed by atoms with Crippen LogP contribution in [0.2, 0.25) is 0 Å². The van der Waals surface area contributed by atoms with Gasteiger partial charge in [0.1, 0.15) is 5.82 Å². The average molecular weight is 219 g/mol. The zero-order valence-corrected chi connectivity index (χ0v) is 9.15. The van der Waals surface area contributed by atoms with Crippen molar-refractivity contribution in [3.8, 4) is 0 Å². The molecule has 0 aliphatic carbocycles. The Morgan fingerprint density at radius 3 is 2.69 bits per heavy atom. The Kier molecular flexibility index (Phi) is 3.01. The molecule has 2 rings (SSSR count). The molecule has 3 nitrogen and oxygen atoms in total. The van der Waals surface area contributed by atoms with Crippen LogP contribution in [-0.4, -0.2) is 9.78 Å². The molecule has 0 saturated heterocycles. The van der Waals surface area contributed by atoms with E-state index in [0.717, 1.165) is 16.8 Å². The SMILES string of the molecule is Cc1ccn(Cc2cc(F)cc(CN)c2)n1. The van der Waals surface area contributed by atoms with Gasteiger partial charge in [-0.1, -0.05) is 6.07 Å². The fourth-order valence-electron chi connectivity index (χ4n) is 1.66. The van der Waals surface area contributed by atoms with Crippen LogP contribution < -0.4 is 5.73 Å². The van der Waals surface area contributed by atoms with Gasteiger partial charge in [-0.25, -0.2) is 4.39 Å². The van der Waals surface area contributed by atoms with E-state index in [1.807, 2.05) is 25.3 Å². The molecule has 0 saturated carbocycles. The average Bonchev–Trinajstić information content (AvgIpc) is 2.63. The van der Waals surface area contributed by atoms with Crippen molar-refractivity contribution in [3.63, 3.8) is 0 Å². The molecule has 2 aromatic rings. The van der Waals surface area contributed by atoms with E-state index in [-0.39, 0.29) is 5.82 Å². The number of hydrogen-bond acceptors (Lipinski definition) is 2. The molecule has 1 heterocycles. The van der Waals surface area contributed by atoms with E-state index in [1.165, 1.54) is 12.1 Å². The van der Waals surface area contributed by atoms with Gasteiger partial charge in [0.2, 0.25) is 0 Å². The van der Waals surface area contributed by atoms with E-state index in [1.54, 1.807) is 4.68 Å². The minimum Gasteiger partial charge on any atom is -0.326 e. The van der Waals surface area contributed by atoms with Gasteiger partial charge < -0.3 is 5.73 Å². The summed E-state index contributed by atoms with van der Waals surface area (Å²) in [5, 5.41) is 4.25. The zero-order valence-electron chi connectivity index (χ0n) is 9.15. The second-order valence-electron chi connectivity index (χ2n) is 3.83. The summed E-state index contributed by atoms with van der Waals surface area (Å²) in [5.41, 5.74) is 8.13. The Balaban J connectivity index is 2.24. The molecule has 0 fully saturated rings. The first-order valence-corrected chi connectivity index (χ1v) is 5.16. The Morgan fingerprint density at radius 2 is 2.06 bits per heavy atom. The van der Waals surface area contributed by atoms with Gasteiger partial charge in [-0.2, -0.15) is 5.10 Å². The molecule has 1 aromatic carbocycles. The Bertz CT molecular complexity index is 491. The molecule has 84 valence electrons. The van der Waals surface area contributed by atoms with Crippen molar-refractivity contribution in [1.29, 1.82) is 0 Å². The minimum atomic E-state index is -0.248. The fourth-order valence-corrected chi connectivity index (χ4v) is 1.66. The molecule has 0 spiro atoms. The summed E-state index contributed by atoms with van der Waals surface area (Å²) in [4.78, 5) is 0. The maximum atomic E-state index is 13.2. The Hall–Kier alpha value is -1.68. The Labute approximate surface area is 93.7 Å². The van der Waals surface area contributed by atoms with Gasteiger partial charge >= 0.3 is 0 Å². The second-order valence-corrected chi connectivity index (χ2v) is 3.83. The van der Waals surface area contributed by atoms with Gasteiger partial charge in [0.25, 0.3) is 0 Å². The highest BCUT2D eigenvalue weighted by molar-refractivity contribution is 5.24. The highest BCUT2D eigenvalue weighted by Gasteiger charge is 2.01. The molecule has 16 heavy (non-hydrogen) atoms. The van der Waals surface area contributed by atoms with Crippen molar-refractivity contribution < 1.29 is 4.39 Å². The van der Waals surface area contributed by atoms with Crippen LogP contribution in [0, 0.1) is 12.7 Å². The molecule has 1 aromatic heterocycles. The maximum absolute atomic E-state index is 13.2. The van der Waals surface area contributed by atoms with E-state index < -0.39 is 0 Å². The molecule has 0 aliphatic rings. The van der Waals surface area contributed by atoms with E-state index in [0.29, 0.717) is 13.1 Å². The van der Waals surface area contributed by atoms with Crippen molar-refractivity contribution in [2.75, 3.05) is 0 Å². The Morgan fingerprint density at radius 1 is 1.31 bits per heavy atom. The van der Waals surface area contributed by atoms with Gasteiger partial charge in [-0.15, -0.1) is 0 Å². The maximum Gasteiger partial charge on any atom is 0.123 e. The lowest BCUT2D eigenvalue weighted by Crippen LogP contribution is -2.03. The molecule has 2 N–H and O–H groups in total. The van der Waals surface area contributed by atoms with Gasteiger partial charge in [-0.05, 0) is 36.2 Å². The van der Waals surface area contributed by atoms with Crippen LogP contribution in [0.4, 0.5) is 4.39 Å². The molecular weight excluding hydrogens is 205 g/mol. The molecule has 0 bridgehead atoms. The summed E-state index contributed by atoms with van der Waals surface area (Å²) in [5.74, 6) is -0.248.